The topological polar surface area (TPSA) is 64.7 Å². The van der Waals surface area contributed by atoms with Crippen LogP contribution in [-0.2, 0) is 0 Å². The zero-order valence-electron chi connectivity index (χ0n) is 28.8. The average Bonchev–Trinajstić information content (AvgIpc) is 3.83. The average molecular weight is 709 g/mol. The van der Waals surface area contributed by atoms with E-state index in [1.165, 1.54) is 25.7 Å². The van der Waals surface area contributed by atoms with Crippen LogP contribution in [0.3, 0.4) is 0 Å². The lowest BCUT2D eigenvalue weighted by atomic mass is 10.0. The Morgan fingerprint density at radius 1 is 0.389 bits per heavy atom. The van der Waals surface area contributed by atoms with Gasteiger partial charge in [-0.25, -0.2) is 19.9 Å². The van der Waals surface area contributed by atoms with Crippen LogP contribution in [0, 0.1) is 0 Å². The number of thiophene rings is 1. The molecule has 0 saturated heterocycles. The number of rotatable bonds is 5. The van der Waals surface area contributed by atoms with Crippen LogP contribution in [0.15, 0.2) is 174 Å². The van der Waals surface area contributed by atoms with Crippen LogP contribution < -0.4 is 0 Å². The molecular weight excluding hydrogens is 681 g/mol. The van der Waals surface area contributed by atoms with E-state index in [0.29, 0.717) is 17.5 Å². The molecule has 0 aliphatic rings. The maximum atomic E-state index is 6.47. The molecule has 0 amide bonds. The fourth-order valence-corrected chi connectivity index (χ4v) is 8.77. The monoisotopic (exact) mass is 708 g/mol. The lowest BCUT2D eigenvalue weighted by Crippen LogP contribution is -2.00. The number of pyridine rings is 1. The molecule has 11 aromatic rings. The van der Waals surface area contributed by atoms with E-state index in [1.54, 1.807) is 0 Å². The molecule has 4 heterocycles. The molecule has 0 aliphatic heterocycles. The zero-order valence-corrected chi connectivity index (χ0v) is 29.6. The summed E-state index contributed by atoms with van der Waals surface area (Å²) in [5.41, 5.74) is 9.43. The number of aromatic nitrogens is 4. The molecule has 0 N–H and O–H groups in total. The maximum Gasteiger partial charge on any atom is 0.164 e. The van der Waals surface area contributed by atoms with Crippen molar-refractivity contribution in [2.45, 2.75) is 0 Å². The quantitative estimate of drug-likeness (QED) is 0.178. The van der Waals surface area contributed by atoms with Crippen LogP contribution >= 0.6 is 11.3 Å². The predicted molar refractivity (Wildman–Crippen MR) is 222 cm³/mol. The molecule has 7 aromatic carbocycles. The van der Waals surface area contributed by atoms with E-state index >= 15 is 0 Å². The summed E-state index contributed by atoms with van der Waals surface area (Å²) in [6, 6.07) is 58.5. The Balaban J connectivity index is 1.00. The van der Waals surface area contributed by atoms with E-state index in [2.05, 4.69) is 115 Å². The Bertz CT molecular complexity index is 3200. The zero-order chi connectivity index (χ0) is 35.6. The molecule has 4 aromatic heterocycles. The van der Waals surface area contributed by atoms with Gasteiger partial charge in [0.05, 0.1) is 5.52 Å². The van der Waals surface area contributed by atoms with Crippen LogP contribution in [0.25, 0.3) is 110 Å². The standard InChI is InChI=1S/C48H28N4OS/c1-2-11-31(12-3-1)46-50-47(32-25-21-29(22-26-32)34-16-10-17-36-35-13-6-9-20-41(35)54-45(34)36)52-48(51-46)33-27-23-30(24-28-33)43-44-42(37-14-4-7-18-39(37)49-43)38-15-5-8-19-40(38)53-44/h1-28H. The molecule has 0 bridgehead atoms. The largest absolute Gasteiger partial charge is 0.454 e. The molecule has 54 heavy (non-hydrogen) atoms. The second-order valence-electron chi connectivity index (χ2n) is 13.4. The van der Waals surface area contributed by atoms with Crippen molar-refractivity contribution in [1.29, 1.82) is 0 Å². The maximum absolute atomic E-state index is 6.47. The molecule has 0 unspecified atom stereocenters. The first-order chi connectivity index (χ1) is 26.7. The molecule has 5 nitrogen and oxygen atoms in total. The van der Waals surface area contributed by atoms with Gasteiger partial charge >= 0.3 is 0 Å². The number of hydrogen-bond donors (Lipinski definition) is 0. The summed E-state index contributed by atoms with van der Waals surface area (Å²) < 4.78 is 9.06. The number of hydrogen-bond acceptors (Lipinski definition) is 6. The fraction of sp³-hybridized carbons (Fsp3) is 0. The fourth-order valence-electron chi connectivity index (χ4n) is 7.53. The highest BCUT2D eigenvalue weighted by molar-refractivity contribution is 7.26. The van der Waals surface area contributed by atoms with Crippen LogP contribution in [0.1, 0.15) is 0 Å². The number of benzene rings is 7. The first kappa shape index (κ1) is 30.6. The van der Waals surface area contributed by atoms with Crippen molar-refractivity contribution >= 4 is 64.4 Å². The second-order valence-corrected chi connectivity index (χ2v) is 14.4. The van der Waals surface area contributed by atoms with Gasteiger partial charge in [-0.2, -0.15) is 0 Å². The Hall–Kier alpha value is -7.02. The number of nitrogens with zero attached hydrogens (tertiary/aromatic N) is 4. The minimum Gasteiger partial charge on any atom is -0.454 e. The third kappa shape index (κ3) is 4.99. The highest BCUT2D eigenvalue weighted by atomic mass is 32.1. The molecule has 0 spiro atoms. The van der Waals surface area contributed by atoms with Crippen LogP contribution in [0.4, 0.5) is 0 Å². The van der Waals surface area contributed by atoms with Crippen molar-refractivity contribution in [3.8, 4) is 56.5 Å². The van der Waals surface area contributed by atoms with Crippen LogP contribution in [0.2, 0.25) is 0 Å². The summed E-state index contributed by atoms with van der Waals surface area (Å²) in [5, 5.41) is 5.83. The lowest BCUT2D eigenvalue weighted by molar-refractivity contribution is 0.669. The van der Waals surface area contributed by atoms with Crippen molar-refractivity contribution in [1.82, 2.24) is 19.9 Å². The van der Waals surface area contributed by atoms with E-state index in [9.17, 15) is 0 Å². The SMILES string of the molecule is c1ccc(-c2nc(-c3ccc(-c4nc5ccccc5c5c4oc4ccccc45)cc3)nc(-c3ccc(-c4cccc5c4sc4ccccc45)cc3)n2)cc1. The normalized spacial score (nSPS) is 11.7. The summed E-state index contributed by atoms with van der Waals surface area (Å²) >= 11 is 1.84. The third-order valence-electron chi connectivity index (χ3n) is 10.2. The molecule has 6 heteroatoms. The Morgan fingerprint density at radius 3 is 1.69 bits per heavy atom. The Kier molecular flexibility index (Phi) is 6.97. The van der Waals surface area contributed by atoms with Crippen LogP contribution in [0.5, 0.6) is 0 Å². The van der Waals surface area contributed by atoms with E-state index in [-0.39, 0.29) is 0 Å². The summed E-state index contributed by atoms with van der Waals surface area (Å²) in [6.45, 7) is 0. The van der Waals surface area contributed by atoms with Gasteiger partial charge in [-0.15, -0.1) is 11.3 Å². The van der Waals surface area contributed by atoms with Gasteiger partial charge in [0.2, 0.25) is 0 Å². The molecule has 252 valence electrons. The molecular formula is C48H28N4OS. The van der Waals surface area contributed by atoms with Gasteiger partial charge in [0.25, 0.3) is 0 Å². The van der Waals surface area contributed by atoms with Gasteiger partial charge in [-0.05, 0) is 29.3 Å². The van der Waals surface area contributed by atoms with Crippen molar-refractivity contribution in [3.05, 3.63) is 170 Å². The van der Waals surface area contributed by atoms with Gasteiger partial charge in [0.1, 0.15) is 11.3 Å². The Labute approximate surface area is 313 Å². The highest BCUT2D eigenvalue weighted by Crippen LogP contribution is 2.41. The van der Waals surface area contributed by atoms with Gasteiger partial charge in [-0.1, -0.05) is 152 Å². The van der Waals surface area contributed by atoms with E-state index in [0.717, 1.165) is 66.4 Å². The van der Waals surface area contributed by atoms with Crippen molar-refractivity contribution < 1.29 is 4.42 Å². The van der Waals surface area contributed by atoms with Crippen molar-refractivity contribution in [2.75, 3.05) is 0 Å². The van der Waals surface area contributed by atoms with Crippen LogP contribution in [-0.4, -0.2) is 19.9 Å². The lowest BCUT2D eigenvalue weighted by Gasteiger charge is -2.10. The first-order valence-corrected chi connectivity index (χ1v) is 18.7. The van der Waals surface area contributed by atoms with E-state index in [1.807, 2.05) is 65.9 Å². The molecule has 0 fully saturated rings. The molecule has 0 atom stereocenters. The number of fused-ring (bicyclic) bond motifs is 8. The molecule has 0 radical (unpaired) electrons. The Morgan fingerprint density at radius 2 is 0.944 bits per heavy atom. The second kappa shape index (κ2) is 12.3. The van der Waals surface area contributed by atoms with Gasteiger partial charge in [-0.3, -0.25) is 0 Å². The highest BCUT2D eigenvalue weighted by Gasteiger charge is 2.19. The molecule has 0 aliphatic carbocycles. The summed E-state index contributed by atoms with van der Waals surface area (Å²) in [5.74, 6) is 1.85. The first-order valence-electron chi connectivity index (χ1n) is 17.9. The smallest absolute Gasteiger partial charge is 0.164 e. The summed E-state index contributed by atoms with van der Waals surface area (Å²) in [7, 11) is 0. The van der Waals surface area contributed by atoms with Gasteiger partial charge in [0, 0.05) is 58.6 Å². The van der Waals surface area contributed by atoms with Gasteiger partial charge < -0.3 is 4.42 Å². The van der Waals surface area contributed by atoms with Crippen molar-refractivity contribution in [3.63, 3.8) is 0 Å². The molecule has 11 rings (SSSR count). The summed E-state index contributed by atoms with van der Waals surface area (Å²) in [4.78, 5) is 20.1. The van der Waals surface area contributed by atoms with Crippen molar-refractivity contribution in [2.24, 2.45) is 0 Å². The third-order valence-corrected chi connectivity index (χ3v) is 11.4. The van der Waals surface area contributed by atoms with Gasteiger partial charge in [0.15, 0.2) is 23.1 Å². The number of para-hydroxylation sites is 2. The predicted octanol–water partition coefficient (Wildman–Crippen LogP) is 13.0. The molecule has 0 saturated carbocycles. The minimum absolute atomic E-state index is 0.602. The van der Waals surface area contributed by atoms with E-state index < -0.39 is 0 Å². The van der Waals surface area contributed by atoms with E-state index in [4.69, 9.17) is 24.4 Å². The summed E-state index contributed by atoms with van der Waals surface area (Å²) in [6.07, 6.45) is 0. The number of furan rings is 1. The minimum atomic E-state index is 0.602.